The van der Waals surface area contributed by atoms with Gasteiger partial charge in [-0.05, 0) is 56.2 Å². The first-order valence-corrected chi connectivity index (χ1v) is 9.79. The van der Waals surface area contributed by atoms with E-state index in [4.69, 9.17) is 4.98 Å². The van der Waals surface area contributed by atoms with Crippen LogP contribution in [0.5, 0.6) is 0 Å². The van der Waals surface area contributed by atoms with E-state index < -0.39 is 0 Å². The monoisotopic (exact) mass is 381 g/mol. The highest BCUT2D eigenvalue weighted by Crippen LogP contribution is 2.28. The smallest absolute Gasteiger partial charge is 0.159 e. The number of hydrogen-bond acceptors (Lipinski definition) is 5. The lowest BCUT2D eigenvalue weighted by Crippen LogP contribution is -2.26. The van der Waals surface area contributed by atoms with Crippen LogP contribution < -0.4 is 15.1 Å². The van der Waals surface area contributed by atoms with Gasteiger partial charge in [0.2, 0.25) is 0 Å². The van der Waals surface area contributed by atoms with Gasteiger partial charge in [-0.2, -0.15) is 0 Å². The molecule has 0 bridgehead atoms. The first kappa shape index (κ1) is 21.4. The Balaban J connectivity index is 2.17. The van der Waals surface area contributed by atoms with Crippen LogP contribution in [0.3, 0.4) is 0 Å². The third-order valence-corrected chi connectivity index (χ3v) is 4.30. The molecule has 1 aromatic carbocycles. The van der Waals surface area contributed by atoms with Crippen LogP contribution >= 0.6 is 0 Å². The first-order valence-electron chi connectivity index (χ1n) is 9.79. The van der Waals surface area contributed by atoms with Crippen molar-refractivity contribution in [2.75, 3.05) is 42.3 Å². The minimum Gasteiger partial charge on any atom is -0.361 e. The highest BCUT2D eigenvalue weighted by molar-refractivity contribution is 5.94. The summed E-state index contributed by atoms with van der Waals surface area (Å²) in [5.74, 6) is 1.88. The van der Waals surface area contributed by atoms with E-state index >= 15 is 0 Å². The molecule has 0 spiro atoms. The Hall–Kier alpha value is -2.89. The number of aliphatic imine (C=N–C) groups is 1. The maximum Gasteiger partial charge on any atom is 0.159 e. The van der Waals surface area contributed by atoms with Gasteiger partial charge >= 0.3 is 0 Å². The number of pyridine rings is 1. The third-order valence-electron chi connectivity index (χ3n) is 4.30. The summed E-state index contributed by atoms with van der Waals surface area (Å²) in [7, 11) is 3.95. The van der Waals surface area contributed by atoms with E-state index in [1.807, 2.05) is 43.3 Å². The Kier molecular flexibility index (Phi) is 7.99. The van der Waals surface area contributed by atoms with Crippen molar-refractivity contribution in [2.24, 2.45) is 4.99 Å². The average molecular weight is 382 g/mol. The average Bonchev–Trinajstić information content (AvgIpc) is 2.68. The molecule has 0 unspecified atom stereocenters. The van der Waals surface area contributed by atoms with Crippen molar-refractivity contribution in [3.05, 3.63) is 42.0 Å². The predicted octanol–water partition coefficient (Wildman–Crippen LogP) is 4.75. The second kappa shape index (κ2) is 10.4. The molecule has 6 nitrogen and oxygen atoms in total. The summed E-state index contributed by atoms with van der Waals surface area (Å²) in [6, 6.07) is 11.4. The fourth-order valence-corrected chi connectivity index (χ4v) is 2.90. The molecule has 0 saturated heterocycles. The largest absolute Gasteiger partial charge is 0.361 e. The molecule has 1 aromatic heterocycles. The topological polar surface area (TPSA) is 60.8 Å². The SMILES string of the molecule is CCCN(CCC)c1ccc(N=CNc2ccc(C(C)=O)cc2)c(N(C)C)n1. The van der Waals surface area contributed by atoms with E-state index in [9.17, 15) is 4.79 Å². The number of benzene rings is 1. The summed E-state index contributed by atoms with van der Waals surface area (Å²) in [5.41, 5.74) is 2.37. The molecule has 0 aliphatic rings. The minimum atomic E-state index is 0.0576. The molecule has 1 N–H and O–H groups in total. The Morgan fingerprint density at radius 1 is 1.07 bits per heavy atom. The summed E-state index contributed by atoms with van der Waals surface area (Å²) in [4.78, 5) is 25.0. The van der Waals surface area contributed by atoms with Gasteiger partial charge in [0.15, 0.2) is 11.6 Å². The van der Waals surface area contributed by atoms with Crippen molar-refractivity contribution in [3.63, 3.8) is 0 Å². The van der Waals surface area contributed by atoms with Crippen molar-refractivity contribution >= 4 is 35.1 Å². The zero-order valence-corrected chi connectivity index (χ0v) is 17.6. The number of hydrogen-bond donors (Lipinski definition) is 1. The van der Waals surface area contributed by atoms with Gasteiger partial charge < -0.3 is 15.1 Å². The Morgan fingerprint density at radius 3 is 2.25 bits per heavy atom. The molecule has 6 heteroatoms. The number of anilines is 3. The quantitative estimate of drug-likeness (QED) is 0.366. The summed E-state index contributed by atoms with van der Waals surface area (Å²) in [6.07, 6.45) is 3.83. The van der Waals surface area contributed by atoms with Crippen LogP contribution in [0.25, 0.3) is 0 Å². The first-order chi connectivity index (χ1) is 13.5. The maximum atomic E-state index is 11.4. The molecule has 0 fully saturated rings. The fraction of sp³-hybridized carbons (Fsp3) is 0.409. The van der Waals surface area contributed by atoms with Crippen LogP contribution in [-0.2, 0) is 0 Å². The number of nitrogens with zero attached hydrogens (tertiary/aromatic N) is 4. The van der Waals surface area contributed by atoms with Gasteiger partial charge in [-0.15, -0.1) is 0 Å². The molecule has 150 valence electrons. The van der Waals surface area contributed by atoms with Gasteiger partial charge in [-0.25, -0.2) is 9.98 Å². The molecule has 0 radical (unpaired) electrons. The number of carbonyl (C=O) groups is 1. The third kappa shape index (κ3) is 5.81. The highest BCUT2D eigenvalue weighted by Gasteiger charge is 2.11. The van der Waals surface area contributed by atoms with Crippen molar-refractivity contribution in [1.29, 1.82) is 0 Å². The minimum absolute atomic E-state index is 0.0576. The molecule has 1 heterocycles. The Morgan fingerprint density at radius 2 is 1.71 bits per heavy atom. The van der Waals surface area contributed by atoms with Gasteiger partial charge in [0.1, 0.15) is 11.5 Å². The molecule has 0 atom stereocenters. The fourth-order valence-electron chi connectivity index (χ4n) is 2.90. The molecule has 0 aliphatic heterocycles. The number of aromatic nitrogens is 1. The second-order valence-corrected chi connectivity index (χ2v) is 6.93. The summed E-state index contributed by atoms with van der Waals surface area (Å²) in [6.45, 7) is 7.92. The van der Waals surface area contributed by atoms with E-state index in [0.29, 0.717) is 5.56 Å². The van der Waals surface area contributed by atoms with Gasteiger partial charge in [0, 0.05) is 38.4 Å². The molecular weight excluding hydrogens is 350 g/mol. The van der Waals surface area contributed by atoms with Crippen LogP contribution in [0.2, 0.25) is 0 Å². The Labute approximate surface area is 168 Å². The van der Waals surface area contributed by atoms with Gasteiger partial charge in [0.25, 0.3) is 0 Å². The van der Waals surface area contributed by atoms with Gasteiger partial charge in [0.05, 0.1) is 6.34 Å². The van der Waals surface area contributed by atoms with Gasteiger partial charge in [-0.3, -0.25) is 4.79 Å². The van der Waals surface area contributed by atoms with E-state index in [2.05, 4.69) is 29.1 Å². The number of ketones is 1. The molecule has 2 aromatic rings. The van der Waals surface area contributed by atoms with Crippen molar-refractivity contribution in [1.82, 2.24) is 4.98 Å². The lowest BCUT2D eigenvalue weighted by Gasteiger charge is -2.24. The molecule has 28 heavy (non-hydrogen) atoms. The van der Waals surface area contributed by atoms with Crippen molar-refractivity contribution in [2.45, 2.75) is 33.6 Å². The number of nitrogens with one attached hydrogen (secondary N) is 1. The van der Waals surface area contributed by atoms with E-state index in [1.165, 1.54) is 0 Å². The maximum absolute atomic E-state index is 11.4. The highest BCUT2D eigenvalue weighted by atomic mass is 16.1. The number of Topliss-reactive ketones (excluding diaryl/α,β-unsaturated/α-hetero) is 1. The zero-order chi connectivity index (χ0) is 20.5. The zero-order valence-electron chi connectivity index (χ0n) is 17.6. The summed E-state index contributed by atoms with van der Waals surface area (Å²) in [5, 5.41) is 3.14. The second-order valence-electron chi connectivity index (χ2n) is 6.93. The molecular formula is C22H31N5O. The molecule has 2 rings (SSSR count). The van der Waals surface area contributed by atoms with Gasteiger partial charge in [-0.1, -0.05) is 13.8 Å². The molecule has 0 aliphatic carbocycles. The standard InChI is InChI=1S/C22H31N5O/c1-6-14-27(15-7-2)21-13-12-20(22(25-21)26(4)5)24-16-23-19-10-8-18(9-11-19)17(3)28/h8-13,16H,6-7,14-15H2,1-5H3,(H,23,24). The normalized spacial score (nSPS) is 10.9. The van der Waals surface area contributed by atoms with E-state index in [1.54, 1.807) is 25.4 Å². The number of rotatable bonds is 10. The van der Waals surface area contributed by atoms with Crippen molar-refractivity contribution < 1.29 is 4.79 Å². The molecule has 0 saturated carbocycles. The predicted molar refractivity (Wildman–Crippen MR) is 120 cm³/mol. The van der Waals surface area contributed by atoms with Crippen LogP contribution in [-0.4, -0.2) is 44.3 Å². The summed E-state index contributed by atoms with van der Waals surface area (Å²) < 4.78 is 0. The van der Waals surface area contributed by atoms with Crippen LogP contribution in [0.4, 0.5) is 23.0 Å². The molecule has 0 amide bonds. The van der Waals surface area contributed by atoms with E-state index in [-0.39, 0.29) is 5.78 Å². The Bertz CT molecular complexity index is 793. The van der Waals surface area contributed by atoms with Crippen LogP contribution in [0, 0.1) is 0 Å². The van der Waals surface area contributed by atoms with Crippen molar-refractivity contribution in [3.8, 4) is 0 Å². The van der Waals surface area contributed by atoms with E-state index in [0.717, 1.165) is 48.9 Å². The lowest BCUT2D eigenvalue weighted by molar-refractivity contribution is 0.101. The summed E-state index contributed by atoms with van der Waals surface area (Å²) >= 11 is 0. The van der Waals surface area contributed by atoms with Crippen LogP contribution in [0.1, 0.15) is 44.0 Å². The van der Waals surface area contributed by atoms with Crippen LogP contribution in [0.15, 0.2) is 41.4 Å². The lowest BCUT2D eigenvalue weighted by atomic mass is 10.1. The number of carbonyl (C=O) groups excluding carboxylic acids is 1.